The minimum absolute atomic E-state index is 0.163. The molecule has 2 rings (SSSR count). The van der Waals surface area contributed by atoms with Crippen molar-refractivity contribution in [2.75, 3.05) is 6.54 Å². The number of nitrogens with zero attached hydrogens (tertiary/aromatic N) is 2. The Morgan fingerprint density at radius 1 is 1.43 bits per heavy atom. The number of hydrogen-bond donors (Lipinski definition) is 1. The van der Waals surface area contributed by atoms with Gasteiger partial charge in [0.25, 0.3) is 5.91 Å². The Hall–Kier alpha value is -2.42. The van der Waals surface area contributed by atoms with Crippen molar-refractivity contribution in [2.24, 2.45) is 0 Å². The summed E-state index contributed by atoms with van der Waals surface area (Å²) >= 11 is 1.40. The van der Waals surface area contributed by atoms with Crippen LogP contribution in [0.1, 0.15) is 15.4 Å². The molecule has 1 aromatic heterocycles. The zero-order chi connectivity index (χ0) is 15.4. The van der Waals surface area contributed by atoms with Crippen molar-refractivity contribution in [3.05, 3.63) is 56.0 Å². The van der Waals surface area contributed by atoms with E-state index in [4.69, 9.17) is 0 Å². The van der Waals surface area contributed by atoms with Crippen molar-refractivity contribution >= 4 is 22.9 Å². The molecule has 6 nitrogen and oxygen atoms in total. The first-order valence-electron chi connectivity index (χ1n) is 5.79. The predicted molar refractivity (Wildman–Crippen MR) is 71.2 cm³/mol. The van der Waals surface area contributed by atoms with Gasteiger partial charge in [0.15, 0.2) is 0 Å². The van der Waals surface area contributed by atoms with Crippen LogP contribution in [0.25, 0.3) is 0 Å². The molecule has 1 N–H and O–H groups in total. The lowest BCUT2D eigenvalue weighted by Crippen LogP contribution is -2.27. The number of hydrogen-bond acceptors (Lipinski definition) is 5. The van der Waals surface area contributed by atoms with Crippen molar-refractivity contribution in [1.82, 2.24) is 10.3 Å². The molecule has 0 aliphatic carbocycles. The van der Waals surface area contributed by atoms with E-state index in [1.165, 1.54) is 11.3 Å². The molecule has 21 heavy (non-hydrogen) atoms. The molecule has 110 valence electrons. The topological polar surface area (TPSA) is 85.1 Å². The summed E-state index contributed by atoms with van der Waals surface area (Å²) < 4.78 is 27.0. The first-order chi connectivity index (χ1) is 9.99. The van der Waals surface area contributed by atoms with E-state index in [1.54, 1.807) is 11.6 Å². The molecule has 0 saturated heterocycles. The Bertz CT molecular complexity index is 677. The van der Waals surface area contributed by atoms with E-state index in [0.29, 0.717) is 18.6 Å². The molecular weight excluding hydrogens is 304 g/mol. The molecule has 0 bridgehead atoms. The fraction of sp³-hybridized carbons (Fsp3) is 0.167. The van der Waals surface area contributed by atoms with Gasteiger partial charge in [-0.05, 0) is 6.07 Å². The number of halogens is 2. The van der Waals surface area contributed by atoms with E-state index in [-0.39, 0.29) is 6.54 Å². The first kappa shape index (κ1) is 15.0. The lowest BCUT2D eigenvalue weighted by Gasteiger charge is -2.05. The SMILES string of the molecule is O=C(NCCc1nccs1)c1cc(F)cc([N+](=O)[O-])c1F. The van der Waals surface area contributed by atoms with Crippen molar-refractivity contribution in [3.63, 3.8) is 0 Å². The maximum absolute atomic E-state index is 13.8. The summed E-state index contributed by atoms with van der Waals surface area (Å²) in [5, 5.41) is 15.5. The summed E-state index contributed by atoms with van der Waals surface area (Å²) in [5.41, 5.74) is -1.76. The lowest BCUT2D eigenvalue weighted by atomic mass is 10.1. The quantitative estimate of drug-likeness (QED) is 0.678. The second-order valence-electron chi connectivity index (χ2n) is 3.98. The van der Waals surface area contributed by atoms with Gasteiger partial charge in [0.1, 0.15) is 5.82 Å². The molecule has 0 fully saturated rings. The van der Waals surface area contributed by atoms with Crippen molar-refractivity contribution in [3.8, 4) is 0 Å². The van der Waals surface area contributed by atoms with Gasteiger partial charge in [-0.25, -0.2) is 9.37 Å². The number of thiazole rings is 1. The largest absolute Gasteiger partial charge is 0.352 e. The number of benzene rings is 1. The Morgan fingerprint density at radius 2 is 2.19 bits per heavy atom. The number of nitro benzene ring substituents is 1. The summed E-state index contributed by atoms with van der Waals surface area (Å²) in [4.78, 5) is 25.3. The molecule has 0 aliphatic rings. The highest BCUT2D eigenvalue weighted by Crippen LogP contribution is 2.22. The molecule has 9 heteroatoms. The number of aromatic nitrogens is 1. The van der Waals surface area contributed by atoms with Gasteiger partial charge < -0.3 is 5.32 Å². The second-order valence-corrected chi connectivity index (χ2v) is 4.95. The number of rotatable bonds is 5. The molecule has 0 saturated carbocycles. The van der Waals surface area contributed by atoms with Gasteiger partial charge in [-0.2, -0.15) is 4.39 Å². The Morgan fingerprint density at radius 3 is 2.81 bits per heavy atom. The van der Waals surface area contributed by atoms with E-state index in [9.17, 15) is 23.7 Å². The van der Waals surface area contributed by atoms with Gasteiger partial charge in [-0.1, -0.05) is 0 Å². The smallest absolute Gasteiger partial charge is 0.308 e. The third kappa shape index (κ3) is 3.57. The molecule has 0 spiro atoms. The van der Waals surface area contributed by atoms with Crippen molar-refractivity contribution < 1.29 is 18.5 Å². The summed E-state index contributed by atoms with van der Waals surface area (Å²) in [7, 11) is 0. The summed E-state index contributed by atoms with van der Waals surface area (Å²) in [6.45, 7) is 0.163. The number of carbonyl (C=O) groups is 1. The minimum Gasteiger partial charge on any atom is -0.352 e. The van der Waals surface area contributed by atoms with E-state index >= 15 is 0 Å². The van der Waals surface area contributed by atoms with Crippen LogP contribution >= 0.6 is 11.3 Å². The Labute approximate surface area is 121 Å². The Kier molecular flexibility index (Phi) is 4.53. The van der Waals surface area contributed by atoms with E-state index in [1.807, 2.05) is 0 Å². The fourth-order valence-corrected chi connectivity index (χ4v) is 2.25. The highest BCUT2D eigenvalue weighted by molar-refractivity contribution is 7.09. The van der Waals surface area contributed by atoms with E-state index < -0.39 is 33.7 Å². The van der Waals surface area contributed by atoms with Gasteiger partial charge in [0.05, 0.1) is 21.6 Å². The number of amides is 1. The van der Waals surface area contributed by atoms with Gasteiger partial charge >= 0.3 is 5.69 Å². The number of nitrogens with one attached hydrogen (secondary N) is 1. The number of carbonyl (C=O) groups excluding carboxylic acids is 1. The highest BCUT2D eigenvalue weighted by atomic mass is 32.1. The van der Waals surface area contributed by atoms with Gasteiger partial charge in [-0.3, -0.25) is 14.9 Å². The molecule has 2 aromatic rings. The zero-order valence-electron chi connectivity index (χ0n) is 10.5. The van der Waals surface area contributed by atoms with E-state index in [0.717, 1.165) is 5.01 Å². The summed E-state index contributed by atoms with van der Waals surface area (Å²) in [6.07, 6.45) is 2.04. The van der Waals surface area contributed by atoms with E-state index in [2.05, 4.69) is 10.3 Å². The molecular formula is C12H9F2N3O3S. The van der Waals surface area contributed by atoms with Crippen LogP contribution in [-0.4, -0.2) is 22.4 Å². The predicted octanol–water partition coefficient (Wildman–Crippen LogP) is 2.30. The second kappa shape index (κ2) is 6.35. The van der Waals surface area contributed by atoms with Crippen LogP contribution in [0.15, 0.2) is 23.7 Å². The number of nitro groups is 1. The molecule has 1 aromatic carbocycles. The third-order valence-electron chi connectivity index (χ3n) is 2.57. The highest BCUT2D eigenvalue weighted by Gasteiger charge is 2.23. The lowest BCUT2D eigenvalue weighted by molar-refractivity contribution is -0.387. The average molecular weight is 313 g/mol. The standard InChI is InChI=1S/C12H9F2N3O3S/c13-7-5-8(11(14)9(6-7)17(19)20)12(18)16-2-1-10-15-3-4-21-10/h3-6H,1-2H2,(H,16,18). The minimum atomic E-state index is -1.35. The van der Waals surface area contributed by atoms with Gasteiger partial charge in [0.2, 0.25) is 5.82 Å². The average Bonchev–Trinajstić information content (AvgIpc) is 2.93. The molecule has 1 amide bonds. The molecule has 1 heterocycles. The van der Waals surface area contributed by atoms with Gasteiger partial charge in [0, 0.05) is 24.5 Å². The van der Waals surface area contributed by atoms with Gasteiger partial charge in [-0.15, -0.1) is 11.3 Å². The van der Waals surface area contributed by atoms with Crippen LogP contribution in [-0.2, 0) is 6.42 Å². The molecule has 0 unspecified atom stereocenters. The monoisotopic (exact) mass is 313 g/mol. The van der Waals surface area contributed by atoms with Crippen LogP contribution in [0, 0.1) is 21.7 Å². The summed E-state index contributed by atoms with van der Waals surface area (Å²) in [5.74, 6) is -3.31. The van der Waals surface area contributed by atoms with Crippen LogP contribution in [0.4, 0.5) is 14.5 Å². The van der Waals surface area contributed by atoms with Crippen molar-refractivity contribution in [2.45, 2.75) is 6.42 Å². The van der Waals surface area contributed by atoms with Crippen LogP contribution < -0.4 is 5.32 Å². The van der Waals surface area contributed by atoms with Crippen LogP contribution in [0.5, 0.6) is 0 Å². The fourth-order valence-electron chi connectivity index (χ4n) is 1.63. The molecule has 0 atom stereocenters. The molecule has 0 radical (unpaired) electrons. The van der Waals surface area contributed by atoms with Crippen LogP contribution in [0.3, 0.4) is 0 Å². The maximum Gasteiger partial charge on any atom is 0.308 e. The van der Waals surface area contributed by atoms with Crippen molar-refractivity contribution in [1.29, 1.82) is 0 Å². The first-order valence-corrected chi connectivity index (χ1v) is 6.67. The third-order valence-corrected chi connectivity index (χ3v) is 3.41. The maximum atomic E-state index is 13.8. The molecule has 0 aliphatic heterocycles. The van der Waals surface area contributed by atoms with Crippen LogP contribution in [0.2, 0.25) is 0 Å². The zero-order valence-corrected chi connectivity index (χ0v) is 11.3. The normalized spacial score (nSPS) is 10.4. The Balaban J connectivity index is 2.10. The summed E-state index contributed by atoms with van der Waals surface area (Å²) in [6, 6.07) is 1.06.